The summed E-state index contributed by atoms with van der Waals surface area (Å²) in [6.07, 6.45) is 3.21. The van der Waals surface area contributed by atoms with Crippen molar-refractivity contribution in [2.24, 2.45) is 5.41 Å². The zero-order valence-corrected chi connectivity index (χ0v) is 14.9. The second-order valence-corrected chi connectivity index (χ2v) is 7.61. The molecule has 1 atom stereocenters. The average molecular weight is 313 g/mol. The fourth-order valence-electron chi connectivity index (χ4n) is 2.65. The van der Waals surface area contributed by atoms with Crippen LogP contribution in [0.4, 0.5) is 4.79 Å². The number of carbonyl (C=O) groups is 2. The van der Waals surface area contributed by atoms with E-state index in [0.717, 1.165) is 25.8 Å². The number of nitrogens with zero attached hydrogens (tertiary/aromatic N) is 1. The van der Waals surface area contributed by atoms with Crippen LogP contribution >= 0.6 is 0 Å². The van der Waals surface area contributed by atoms with Gasteiger partial charge in [-0.3, -0.25) is 4.79 Å². The van der Waals surface area contributed by atoms with E-state index in [-0.39, 0.29) is 18.1 Å². The molecule has 0 radical (unpaired) electrons. The quantitative estimate of drug-likeness (QED) is 0.725. The van der Waals surface area contributed by atoms with E-state index in [0.29, 0.717) is 13.0 Å². The Morgan fingerprint density at radius 3 is 2.36 bits per heavy atom. The number of carbonyl (C=O) groups excluding carboxylic acids is 2. The van der Waals surface area contributed by atoms with Crippen molar-refractivity contribution >= 4 is 12.1 Å². The Bertz CT molecular complexity index is 398. The van der Waals surface area contributed by atoms with Crippen LogP contribution in [-0.4, -0.2) is 41.8 Å². The number of amides is 1. The van der Waals surface area contributed by atoms with Gasteiger partial charge in [0.05, 0.1) is 12.0 Å². The van der Waals surface area contributed by atoms with E-state index in [4.69, 9.17) is 9.47 Å². The van der Waals surface area contributed by atoms with Gasteiger partial charge in [-0.2, -0.15) is 0 Å². The minimum Gasteiger partial charge on any atom is -0.466 e. The van der Waals surface area contributed by atoms with Crippen molar-refractivity contribution in [2.45, 2.75) is 78.9 Å². The highest BCUT2D eigenvalue weighted by atomic mass is 16.6. The summed E-state index contributed by atoms with van der Waals surface area (Å²) in [5, 5.41) is 0. The van der Waals surface area contributed by atoms with Crippen molar-refractivity contribution in [3.05, 3.63) is 0 Å². The van der Waals surface area contributed by atoms with Crippen LogP contribution in [0.2, 0.25) is 0 Å². The fraction of sp³-hybridized carbons (Fsp3) is 0.882. The van der Waals surface area contributed by atoms with Crippen LogP contribution in [0.15, 0.2) is 0 Å². The lowest BCUT2D eigenvalue weighted by Gasteiger charge is -2.30. The molecular weight excluding hydrogens is 282 g/mol. The molecule has 0 spiro atoms. The molecule has 22 heavy (non-hydrogen) atoms. The van der Waals surface area contributed by atoms with Gasteiger partial charge in [0.15, 0.2) is 0 Å². The van der Waals surface area contributed by atoms with Crippen LogP contribution in [0.1, 0.15) is 67.2 Å². The molecule has 0 aromatic rings. The van der Waals surface area contributed by atoms with Gasteiger partial charge in [0.1, 0.15) is 5.60 Å². The number of ether oxygens (including phenoxy) is 2. The molecule has 128 valence electrons. The first kappa shape index (κ1) is 18.8. The van der Waals surface area contributed by atoms with Gasteiger partial charge in [0.2, 0.25) is 0 Å². The minimum absolute atomic E-state index is 0.156. The van der Waals surface area contributed by atoms with E-state index in [1.54, 1.807) is 0 Å². The van der Waals surface area contributed by atoms with E-state index in [1.807, 2.05) is 46.4 Å². The zero-order valence-electron chi connectivity index (χ0n) is 14.9. The first-order chi connectivity index (χ1) is 10.1. The summed E-state index contributed by atoms with van der Waals surface area (Å²) in [5.41, 5.74) is -0.993. The molecule has 1 fully saturated rings. The Hall–Kier alpha value is -1.26. The Balaban J connectivity index is 2.57. The summed E-state index contributed by atoms with van der Waals surface area (Å²) in [6.45, 7) is 12.4. The van der Waals surface area contributed by atoms with Crippen molar-refractivity contribution in [3.8, 4) is 0 Å². The zero-order chi connectivity index (χ0) is 17.0. The lowest BCUT2D eigenvalue weighted by atomic mass is 9.86. The standard InChI is InChI=1S/C17H31NO4/c1-7-21-14(19)17(5,6)11-10-13-9-8-12-18(13)15(20)22-16(2,3)4/h13H,7-12H2,1-6H3. The van der Waals surface area contributed by atoms with Gasteiger partial charge in [0, 0.05) is 12.6 Å². The highest BCUT2D eigenvalue weighted by molar-refractivity contribution is 5.75. The van der Waals surface area contributed by atoms with Crippen LogP contribution < -0.4 is 0 Å². The maximum absolute atomic E-state index is 12.2. The van der Waals surface area contributed by atoms with Crippen LogP contribution in [0.3, 0.4) is 0 Å². The number of likely N-dealkylation sites (tertiary alicyclic amines) is 1. The van der Waals surface area contributed by atoms with Crippen LogP contribution in [0.5, 0.6) is 0 Å². The number of esters is 1. The van der Waals surface area contributed by atoms with E-state index >= 15 is 0 Å². The van der Waals surface area contributed by atoms with Gasteiger partial charge >= 0.3 is 12.1 Å². The molecule has 5 nitrogen and oxygen atoms in total. The third-order valence-electron chi connectivity index (χ3n) is 3.94. The van der Waals surface area contributed by atoms with E-state index in [1.165, 1.54) is 0 Å². The van der Waals surface area contributed by atoms with Crippen LogP contribution in [0, 0.1) is 5.41 Å². The maximum atomic E-state index is 12.2. The van der Waals surface area contributed by atoms with Crippen molar-refractivity contribution in [1.29, 1.82) is 0 Å². The molecular formula is C17H31NO4. The Morgan fingerprint density at radius 1 is 1.18 bits per heavy atom. The summed E-state index contributed by atoms with van der Waals surface area (Å²) in [5.74, 6) is -0.170. The molecule has 1 heterocycles. The molecule has 0 saturated carbocycles. The molecule has 0 aromatic heterocycles. The normalized spacial score (nSPS) is 19.2. The van der Waals surface area contributed by atoms with Crippen LogP contribution in [0.25, 0.3) is 0 Å². The molecule has 0 aliphatic carbocycles. The van der Waals surface area contributed by atoms with Gasteiger partial charge in [-0.15, -0.1) is 0 Å². The molecule has 5 heteroatoms. The van der Waals surface area contributed by atoms with Gasteiger partial charge in [-0.05, 0) is 67.2 Å². The second-order valence-electron chi connectivity index (χ2n) is 7.61. The molecule has 0 bridgehead atoms. The smallest absolute Gasteiger partial charge is 0.410 e. The predicted octanol–water partition coefficient (Wildman–Crippen LogP) is 3.76. The molecule has 0 aromatic carbocycles. The third-order valence-corrected chi connectivity index (χ3v) is 3.94. The first-order valence-corrected chi connectivity index (χ1v) is 8.23. The van der Waals surface area contributed by atoms with Gasteiger partial charge in [-0.1, -0.05) is 0 Å². The van der Waals surface area contributed by atoms with E-state index < -0.39 is 11.0 Å². The average Bonchev–Trinajstić information content (AvgIpc) is 2.83. The molecule has 0 N–H and O–H groups in total. The van der Waals surface area contributed by atoms with Gasteiger partial charge < -0.3 is 14.4 Å². The molecule has 1 saturated heterocycles. The van der Waals surface area contributed by atoms with Gasteiger partial charge in [0.25, 0.3) is 0 Å². The van der Waals surface area contributed by atoms with E-state index in [2.05, 4.69) is 0 Å². The summed E-state index contributed by atoms with van der Waals surface area (Å²) >= 11 is 0. The highest BCUT2D eigenvalue weighted by Crippen LogP contribution is 2.30. The van der Waals surface area contributed by atoms with Crippen LogP contribution in [-0.2, 0) is 14.3 Å². The van der Waals surface area contributed by atoms with Crippen molar-refractivity contribution in [3.63, 3.8) is 0 Å². The lowest BCUT2D eigenvalue weighted by Crippen LogP contribution is -2.40. The highest BCUT2D eigenvalue weighted by Gasteiger charge is 2.35. The largest absolute Gasteiger partial charge is 0.466 e. The minimum atomic E-state index is -0.516. The van der Waals surface area contributed by atoms with Crippen molar-refractivity contribution in [1.82, 2.24) is 4.90 Å². The Kier molecular flexibility index (Phi) is 6.27. The molecule has 1 aliphatic heterocycles. The number of hydrogen-bond donors (Lipinski definition) is 0. The third kappa shape index (κ3) is 5.50. The second kappa shape index (κ2) is 7.34. The monoisotopic (exact) mass is 313 g/mol. The summed E-state index contributed by atoms with van der Waals surface area (Å²) in [6, 6.07) is 0.156. The van der Waals surface area contributed by atoms with Crippen molar-refractivity contribution in [2.75, 3.05) is 13.2 Å². The number of rotatable bonds is 5. The first-order valence-electron chi connectivity index (χ1n) is 8.23. The summed E-state index contributed by atoms with van der Waals surface area (Å²) in [4.78, 5) is 26.0. The lowest BCUT2D eigenvalue weighted by molar-refractivity contribution is -0.153. The topological polar surface area (TPSA) is 55.8 Å². The summed E-state index contributed by atoms with van der Waals surface area (Å²) in [7, 11) is 0. The predicted molar refractivity (Wildman–Crippen MR) is 85.6 cm³/mol. The Labute approximate surface area is 134 Å². The number of hydrogen-bond acceptors (Lipinski definition) is 4. The summed E-state index contributed by atoms with van der Waals surface area (Å²) < 4.78 is 10.6. The van der Waals surface area contributed by atoms with Crippen molar-refractivity contribution < 1.29 is 19.1 Å². The molecule has 1 rings (SSSR count). The maximum Gasteiger partial charge on any atom is 0.410 e. The van der Waals surface area contributed by atoms with Gasteiger partial charge in [-0.25, -0.2) is 4.79 Å². The Morgan fingerprint density at radius 2 is 1.82 bits per heavy atom. The SMILES string of the molecule is CCOC(=O)C(C)(C)CCC1CCCN1C(=O)OC(C)(C)C. The molecule has 1 aliphatic rings. The molecule has 1 unspecified atom stereocenters. The molecule has 1 amide bonds. The fourth-order valence-corrected chi connectivity index (χ4v) is 2.65. The van der Waals surface area contributed by atoms with E-state index in [9.17, 15) is 9.59 Å².